The van der Waals surface area contributed by atoms with Crippen molar-refractivity contribution < 1.29 is 4.79 Å². The summed E-state index contributed by atoms with van der Waals surface area (Å²) in [6.07, 6.45) is 6.88. The molecule has 3 nitrogen and oxygen atoms in total. The highest BCUT2D eigenvalue weighted by Crippen LogP contribution is 2.32. The number of hydrogen-bond donors (Lipinski definition) is 1. The molecule has 116 valence electrons. The van der Waals surface area contributed by atoms with Gasteiger partial charge in [-0.3, -0.25) is 4.79 Å². The van der Waals surface area contributed by atoms with Gasteiger partial charge in [-0.2, -0.15) is 11.8 Å². The minimum atomic E-state index is -0.393. The van der Waals surface area contributed by atoms with Crippen LogP contribution in [0.3, 0.4) is 0 Å². The summed E-state index contributed by atoms with van der Waals surface area (Å²) in [4.78, 5) is 15.8. The molecule has 2 N–H and O–H groups in total. The van der Waals surface area contributed by atoms with Crippen LogP contribution in [0.2, 0.25) is 0 Å². The second-order valence-corrected chi connectivity index (χ2v) is 7.80. The van der Waals surface area contributed by atoms with E-state index in [1.165, 1.54) is 32.1 Å². The second kappa shape index (κ2) is 7.29. The summed E-state index contributed by atoms with van der Waals surface area (Å²) in [7, 11) is 0. The van der Waals surface area contributed by atoms with Crippen LogP contribution in [0.5, 0.6) is 0 Å². The monoisotopic (exact) mass is 332 g/mol. The minimum absolute atomic E-state index is 0.393. The molecule has 3 rings (SSSR count). The van der Waals surface area contributed by atoms with Crippen molar-refractivity contribution in [3.8, 4) is 10.6 Å². The summed E-state index contributed by atoms with van der Waals surface area (Å²) in [5.74, 6) is 0.607. The van der Waals surface area contributed by atoms with Crippen molar-refractivity contribution in [3.63, 3.8) is 0 Å². The molecule has 22 heavy (non-hydrogen) atoms. The van der Waals surface area contributed by atoms with E-state index in [0.29, 0.717) is 5.56 Å². The van der Waals surface area contributed by atoms with Gasteiger partial charge in [-0.25, -0.2) is 4.98 Å². The SMILES string of the molecule is NC(=O)c1ccc(-c2nc(CSC3CCCCC3)cs2)cc1. The molecule has 0 unspecified atom stereocenters. The van der Waals surface area contributed by atoms with Crippen LogP contribution < -0.4 is 5.73 Å². The van der Waals surface area contributed by atoms with E-state index in [4.69, 9.17) is 10.7 Å². The fourth-order valence-electron chi connectivity index (χ4n) is 2.72. The normalized spacial score (nSPS) is 15.8. The molecule has 0 atom stereocenters. The van der Waals surface area contributed by atoms with Crippen LogP contribution in [0.25, 0.3) is 10.6 Å². The third-order valence-corrected chi connectivity index (χ3v) is 6.33. The molecule has 1 aliphatic rings. The van der Waals surface area contributed by atoms with Crippen LogP contribution >= 0.6 is 23.1 Å². The van der Waals surface area contributed by atoms with E-state index >= 15 is 0 Å². The standard InChI is InChI=1S/C17H20N2OS2/c18-16(20)12-6-8-13(9-7-12)17-19-14(11-22-17)10-21-15-4-2-1-3-5-15/h6-9,11,15H,1-5,10H2,(H2,18,20). The highest BCUT2D eigenvalue weighted by atomic mass is 32.2. The number of carbonyl (C=O) groups is 1. The fourth-order valence-corrected chi connectivity index (χ4v) is 4.87. The number of nitrogens with two attached hydrogens (primary N) is 1. The average molecular weight is 332 g/mol. The Bertz CT molecular complexity index is 630. The van der Waals surface area contributed by atoms with Crippen molar-refractivity contribution in [2.45, 2.75) is 43.1 Å². The van der Waals surface area contributed by atoms with Crippen LogP contribution in [0.15, 0.2) is 29.6 Å². The van der Waals surface area contributed by atoms with Gasteiger partial charge in [-0.05, 0) is 25.0 Å². The third kappa shape index (κ3) is 3.90. The Balaban J connectivity index is 1.61. The Morgan fingerprint density at radius 3 is 2.64 bits per heavy atom. The van der Waals surface area contributed by atoms with Gasteiger partial charge < -0.3 is 5.73 Å². The van der Waals surface area contributed by atoms with Crippen LogP contribution in [0.1, 0.15) is 48.2 Å². The lowest BCUT2D eigenvalue weighted by molar-refractivity contribution is 0.100. The number of hydrogen-bond acceptors (Lipinski definition) is 4. The van der Waals surface area contributed by atoms with E-state index in [2.05, 4.69) is 5.38 Å². The van der Waals surface area contributed by atoms with Gasteiger partial charge in [0, 0.05) is 27.5 Å². The number of amides is 1. The first-order valence-electron chi connectivity index (χ1n) is 7.68. The topological polar surface area (TPSA) is 56.0 Å². The van der Waals surface area contributed by atoms with Crippen LogP contribution in [0.4, 0.5) is 0 Å². The number of thiazole rings is 1. The average Bonchev–Trinajstić information content (AvgIpc) is 3.03. The fraction of sp³-hybridized carbons (Fsp3) is 0.412. The van der Waals surface area contributed by atoms with Crippen LogP contribution in [0, 0.1) is 0 Å². The van der Waals surface area contributed by atoms with E-state index in [-0.39, 0.29) is 0 Å². The Labute approximate surface area is 139 Å². The Kier molecular flexibility index (Phi) is 5.16. The number of rotatable bonds is 5. The quantitative estimate of drug-likeness (QED) is 0.878. The van der Waals surface area contributed by atoms with Crippen LogP contribution in [-0.4, -0.2) is 16.1 Å². The molecule has 0 saturated heterocycles. The van der Waals surface area contributed by atoms with Gasteiger partial charge in [0.25, 0.3) is 0 Å². The van der Waals surface area contributed by atoms with Crippen molar-refractivity contribution in [1.29, 1.82) is 0 Å². The van der Waals surface area contributed by atoms with E-state index in [0.717, 1.165) is 27.3 Å². The first-order valence-corrected chi connectivity index (χ1v) is 9.61. The molecular weight excluding hydrogens is 312 g/mol. The second-order valence-electron chi connectivity index (χ2n) is 5.66. The molecule has 1 fully saturated rings. The number of aromatic nitrogens is 1. The van der Waals surface area contributed by atoms with Gasteiger partial charge in [0.05, 0.1) is 5.69 Å². The van der Waals surface area contributed by atoms with Crippen molar-refractivity contribution in [1.82, 2.24) is 4.98 Å². The molecule has 1 saturated carbocycles. The van der Waals surface area contributed by atoms with Gasteiger partial charge in [0.15, 0.2) is 0 Å². The molecule has 2 aromatic rings. The lowest BCUT2D eigenvalue weighted by Crippen LogP contribution is -2.10. The highest BCUT2D eigenvalue weighted by molar-refractivity contribution is 7.99. The molecule has 1 aromatic carbocycles. The molecule has 1 aliphatic carbocycles. The zero-order valence-corrected chi connectivity index (χ0v) is 14.1. The van der Waals surface area contributed by atoms with Gasteiger partial charge in [-0.1, -0.05) is 31.4 Å². The van der Waals surface area contributed by atoms with E-state index in [1.807, 2.05) is 23.9 Å². The lowest BCUT2D eigenvalue weighted by Gasteiger charge is -2.20. The first kappa shape index (κ1) is 15.6. The number of nitrogens with zero attached hydrogens (tertiary/aromatic N) is 1. The molecule has 0 spiro atoms. The molecule has 1 heterocycles. The lowest BCUT2D eigenvalue weighted by atomic mass is 10.0. The Morgan fingerprint density at radius 2 is 1.95 bits per heavy atom. The van der Waals surface area contributed by atoms with Gasteiger partial charge in [0.2, 0.25) is 5.91 Å². The maximum atomic E-state index is 11.1. The highest BCUT2D eigenvalue weighted by Gasteiger charge is 2.14. The zero-order valence-electron chi connectivity index (χ0n) is 12.5. The maximum absolute atomic E-state index is 11.1. The summed E-state index contributed by atoms with van der Waals surface area (Å²) < 4.78 is 0. The summed E-state index contributed by atoms with van der Waals surface area (Å²) in [5.41, 5.74) is 8.00. The summed E-state index contributed by atoms with van der Waals surface area (Å²) in [6, 6.07) is 7.35. The summed E-state index contributed by atoms with van der Waals surface area (Å²) in [6.45, 7) is 0. The number of primary amides is 1. The summed E-state index contributed by atoms with van der Waals surface area (Å²) in [5, 5.41) is 3.97. The molecule has 1 aromatic heterocycles. The van der Waals surface area contributed by atoms with Gasteiger partial charge in [-0.15, -0.1) is 11.3 Å². The molecule has 0 radical (unpaired) electrons. The van der Waals surface area contributed by atoms with Crippen molar-refractivity contribution in [2.24, 2.45) is 5.73 Å². The van der Waals surface area contributed by atoms with E-state index in [1.54, 1.807) is 23.5 Å². The van der Waals surface area contributed by atoms with Gasteiger partial charge in [0.1, 0.15) is 5.01 Å². The zero-order chi connectivity index (χ0) is 15.4. The predicted octanol–water partition coefficient (Wildman–Crippen LogP) is 4.47. The number of carbonyl (C=O) groups excluding carboxylic acids is 1. The first-order chi connectivity index (χ1) is 10.7. The van der Waals surface area contributed by atoms with E-state index in [9.17, 15) is 4.79 Å². The van der Waals surface area contributed by atoms with E-state index < -0.39 is 5.91 Å². The van der Waals surface area contributed by atoms with Crippen molar-refractivity contribution in [3.05, 3.63) is 40.9 Å². The molecule has 0 bridgehead atoms. The molecule has 5 heteroatoms. The molecule has 1 amide bonds. The smallest absolute Gasteiger partial charge is 0.248 e. The largest absolute Gasteiger partial charge is 0.366 e. The minimum Gasteiger partial charge on any atom is -0.366 e. The number of thioether (sulfide) groups is 1. The van der Waals surface area contributed by atoms with Crippen LogP contribution in [-0.2, 0) is 5.75 Å². The van der Waals surface area contributed by atoms with Gasteiger partial charge >= 0.3 is 0 Å². The molecular formula is C17H20N2OS2. The maximum Gasteiger partial charge on any atom is 0.248 e. The van der Waals surface area contributed by atoms with Crippen molar-refractivity contribution in [2.75, 3.05) is 0 Å². The molecule has 0 aliphatic heterocycles. The third-order valence-electron chi connectivity index (χ3n) is 3.99. The number of benzene rings is 1. The summed E-state index contributed by atoms with van der Waals surface area (Å²) >= 11 is 3.71. The Morgan fingerprint density at radius 1 is 1.23 bits per heavy atom. The van der Waals surface area contributed by atoms with Crippen molar-refractivity contribution >= 4 is 29.0 Å². The predicted molar refractivity (Wildman–Crippen MR) is 94.2 cm³/mol. The Hall–Kier alpha value is -1.33.